The molecule has 0 atom stereocenters. The van der Waals surface area contributed by atoms with Crippen LogP contribution in [0.15, 0.2) is 302 Å². The van der Waals surface area contributed by atoms with Gasteiger partial charge in [-0.1, -0.05) is 218 Å². The van der Waals surface area contributed by atoms with Crippen molar-refractivity contribution in [2.75, 3.05) is 0 Å². The molecule has 410 valence electrons. The van der Waals surface area contributed by atoms with Crippen LogP contribution in [0, 0.1) is 0 Å². The monoisotopic (exact) mass is 1120 g/mol. The molecule has 0 aliphatic heterocycles. The molecule has 0 radical (unpaired) electrons. The third-order valence-corrected chi connectivity index (χ3v) is 17.7. The molecular weight excluding hydrogens is 1070 g/mol. The third kappa shape index (κ3) is 7.72. The van der Waals surface area contributed by atoms with Gasteiger partial charge in [-0.05, 0) is 126 Å². The molecule has 0 saturated carbocycles. The van der Waals surface area contributed by atoms with Gasteiger partial charge < -0.3 is 13.6 Å². The van der Waals surface area contributed by atoms with Crippen LogP contribution in [0.25, 0.3) is 171 Å². The van der Waals surface area contributed by atoms with Crippen molar-refractivity contribution < 1.29 is 4.42 Å². The number of imidazole rings is 1. The van der Waals surface area contributed by atoms with E-state index in [0.717, 1.165) is 44.8 Å². The number of hydrogen-bond acceptors (Lipinski definition) is 5. The van der Waals surface area contributed by atoms with Crippen LogP contribution >= 0.6 is 0 Å². The first-order chi connectivity index (χ1) is 43.7. The SMILES string of the molecule is c1ccc(-c2nnc(-c3ccc4c5c6ccccc6c6ccc7ccccc7c6c5n(-c5ccccc5)c4c3)o2)cc1.c1ccc(-n2c3cc(-c4ccc(-c5cn6cccnc6n5)cc4)ccc3c3c4ccccc4c4ccc5ccccc5c4c32)cc1. The van der Waals surface area contributed by atoms with Crippen molar-refractivity contribution >= 4 is 114 Å². The van der Waals surface area contributed by atoms with Crippen LogP contribution in [-0.2, 0) is 0 Å². The highest BCUT2D eigenvalue weighted by molar-refractivity contribution is 6.38. The summed E-state index contributed by atoms with van der Waals surface area (Å²) in [5.41, 5.74) is 13.1. The summed E-state index contributed by atoms with van der Waals surface area (Å²) in [6, 6.07) is 99.5. The van der Waals surface area contributed by atoms with Crippen LogP contribution in [0.4, 0.5) is 0 Å². The Morgan fingerprint density at radius 2 is 0.727 bits per heavy atom. The molecule has 0 bridgehead atoms. The van der Waals surface area contributed by atoms with Gasteiger partial charge in [0.25, 0.3) is 0 Å². The van der Waals surface area contributed by atoms with Crippen molar-refractivity contribution in [2.45, 2.75) is 0 Å². The molecule has 19 aromatic rings. The van der Waals surface area contributed by atoms with Crippen molar-refractivity contribution in [3.8, 4) is 56.7 Å². The van der Waals surface area contributed by atoms with Gasteiger partial charge in [-0.3, -0.25) is 4.40 Å². The highest BCUT2D eigenvalue weighted by Gasteiger charge is 2.24. The van der Waals surface area contributed by atoms with E-state index in [2.05, 4.69) is 267 Å². The number of fused-ring (bicyclic) bond motifs is 21. The smallest absolute Gasteiger partial charge is 0.248 e. The second kappa shape index (κ2) is 19.8. The van der Waals surface area contributed by atoms with E-state index in [1.165, 1.54) is 108 Å². The van der Waals surface area contributed by atoms with Crippen molar-refractivity contribution in [3.63, 3.8) is 0 Å². The predicted molar refractivity (Wildman–Crippen MR) is 363 cm³/mol. The number of para-hydroxylation sites is 2. The first kappa shape index (κ1) is 49.4. The Hall–Kier alpha value is -12.0. The molecule has 5 heterocycles. The zero-order valence-electron chi connectivity index (χ0n) is 47.3. The van der Waals surface area contributed by atoms with E-state index < -0.39 is 0 Å². The maximum absolute atomic E-state index is 6.19. The second-order valence-electron chi connectivity index (χ2n) is 22.6. The standard InChI is InChI=1S/C42H26N4.C38H23N3O/c1-2-10-31(11-3-1)46-38-25-30(27-15-17-29(18-16-27)37-26-45-24-8-23-43-42(45)44-37)20-22-36(38)40-34-14-7-6-13-33(34)35-21-19-28-9-4-5-12-32(28)39(35)41(40)46;1-3-12-25(13-4-1)37-39-40-38(42-37)26-20-22-32-33(23-26)41(27-14-5-2-6-15-27)36-34-28-16-8-7-11-24(28)19-21-31(34)29-17-9-10-18-30(29)35(32)36/h1-26H;1-23H. The Morgan fingerprint density at radius 1 is 0.307 bits per heavy atom. The molecule has 8 nitrogen and oxygen atoms in total. The van der Waals surface area contributed by atoms with Gasteiger partial charge in [-0.25, -0.2) is 9.97 Å². The quantitative estimate of drug-likeness (QED) is 0.155. The molecule has 0 saturated heterocycles. The van der Waals surface area contributed by atoms with E-state index in [0.29, 0.717) is 17.6 Å². The van der Waals surface area contributed by atoms with Crippen molar-refractivity contribution in [1.29, 1.82) is 0 Å². The molecule has 0 aliphatic rings. The van der Waals surface area contributed by atoms with Crippen LogP contribution in [0.5, 0.6) is 0 Å². The summed E-state index contributed by atoms with van der Waals surface area (Å²) in [7, 11) is 0. The van der Waals surface area contributed by atoms with Crippen LogP contribution in [0.1, 0.15) is 0 Å². The van der Waals surface area contributed by atoms with Gasteiger partial charge in [0.2, 0.25) is 17.6 Å². The lowest BCUT2D eigenvalue weighted by molar-refractivity contribution is 0.584. The van der Waals surface area contributed by atoms with E-state index in [9.17, 15) is 0 Å². The van der Waals surface area contributed by atoms with E-state index in [1.54, 1.807) is 6.20 Å². The lowest BCUT2D eigenvalue weighted by Gasteiger charge is -2.14. The van der Waals surface area contributed by atoms with Gasteiger partial charge in [-0.15, -0.1) is 10.2 Å². The van der Waals surface area contributed by atoms with Gasteiger partial charge in [0.1, 0.15) is 0 Å². The molecule has 0 spiro atoms. The van der Waals surface area contributed by atoms with Crippen molar-refractivity contribution in [1.82, 2.24) is 33.7 Å². The van der Waals surface area contributed by atoms with Crippen LogP contribution in [0.2, 0.25) is 0 Å². The molecule has 0 aliphatic carbocycles. The first-order valence-electron chi connectivity index (χ1n) is 29.7. The summed E-state index contributed by atoms with van der Waals surface area (Å²) in [5.74, 6) is 1.71. The van der Waals surface area contributed by atoms with E-state index in [1.807, 2.05) is 53.2 Å². The minimum atomic E-state index is 0.501. The molecule has 0 amide bonds. The van der Waals surface area contributed by atoms with Crippen molar-refractivity contribution in [3.05, 3.63) is 298 Å². The molecule has 14 aromatic carbocycles. The molecule has 5 aromatic heterocycles. The Morgan fingerprint density at radius 3 is 1.28 bits per heavy atom. The summed E-state index contributed by atoms with van der Waals surface area (Å²) >= 11 is 0. The van der Waals surface area contributed by atoms with Gasteiger partial charge in [-0.2, -0.15) is 0 Å². The third-order valence-electron chi connectivity index (χ3n) is 17.7. The number of benzene rings is 14. The zero-order valence-corrected chi connectivity index (χ0v) is 47.3. The summed E-state index contributed by atoms with van der Waals surface area (Å²) < 4.78 is 13.0. The average Bonchev–Trinajstić information content (AvgIpc) is 1.53. The summed E-state index contributed by atoms with van der Waals surface area (Å²) in [6.07, 6.45) is 5.78. The summed E-state index contributed by atoms with van der Waals surface area (Å²) in [5, 5.41) is 28.9. The zero-order chi connectivity index (χ0) is 57.8. The van der Waals surface area contributed by atoms with E-state index in [-0.39, 0.29) is 0 Å². The fourth-order valence-corrected chi connectivity index (χ4v) is 13.8. The van der Waals surface area contributed by atoms with Gasteiger partial charge in [0.05, 0.1) is 27.8 Å². The van der Waals surface area contributed by atoms with Crippen molar-refractivity contribution in [2.24, 2.45) is 0 Å². The highest BCUT2D eigenvalue weighted by Crippen LogP contribution is 2.48. The largest absolute Gasteiger partial charge is 0.416 e. The van der Waals surface area contributed by atoms with Crippen LogP contribution in [0.3, 0.4) is 0 Å². The number of nitrogens with zero attached hydrogens (tertiary/aromatic N) is 7. The summed E-state index contributed by atoms with van der Waals surface area (Å²) in [6.45, 7) is 0. The molecule has 0 fully saturated rings. The van der Waals surface area contributed by atoms with Crippen LogP contribution in [-0.4, -0.2) is 33.7 Å². The van der Waals surface area contributed by atoms with Gasteiger partial charge in [0, 0.05) is 79.0 Å². The fourth-order valence-electron chi connectivity index (χ4n) is 13.8. The van der Waals surface area contributed by atoms with Crippen LogP contribution < -0.4 is 0 Å². The lowest BCUT2D eigenvalue weighted by atomic mass is 9.93. The normalized spacial score (nSPS) is 11.9. The minimum absolute atomic E-state index is 0.501. The predicted octanol–water partition coefficient (Wildman–Crippen LogP) is 20.6. The number of aromatic nitrogens is 7. The van der Waals surface area contributed by atoms with E-state index >= 15 is 0 Å². The maximum Gasteiger partial charge on any atom is 0.248 e. The molecule has 19 rings (SSSR count). The number of rotatable bonds is 6. The lowest BCUT2D eigenvalue weighted by Crippen LogP contribution is -1.95. The average molecular weight is 1120 g/mol. The Labute approximate surface area is 503 Å². The fraction of sp³-hybridized carbons (Fsp3) is 0. The molecule has 88 heavy (non-hydrogen) atoms. The second-order valence-corrected chi connectivity index (χ2v) is 22.6. The minimum Gasteiger partial charge on any atom is -0.416 e. The molecular formula is C80H49N7O. The van der Waals surface area contributed by atoms with Gasteiger partial charge >= 0.3 is 0 Å². The molecule has 8 heteroatoms. The Balaban J connectivity index is 0.000000132. The molecule has 0 N–H and O–H groups in total. The Kier molecular flexibility index (Phi) is 11.1. The first-order valence-corrected chi connectivity index (χ1v) is 29.7. The Bertz CT molecular complexity index is 5950. The maximum atomic E-state index is 6.19. The molecule has 0 unspecified atom stereocenters. The number of hydrogen-bond donors (Lipinski definition) is 0. The summed E-state index contributed by atoms with van der Waals surface area (Å²) in [4.78, 5) is 9.09. The van der Waals surface area contributed by atoms with E-state index in [4.69, 9.17) is 9.40 Å². The van der Waals surface area contributed by atoms with Gasteiger partial charge in [0.15, 0.2) is 0 Å². The topological polar surface area (TPSA) is 79.0 Å². The highest BCUT2D eigenvalue weighted by atomic mass is 16.4.